The predicted octanol–water partition coefficient (Wildman–Crippen LogP) is 2.45. The predicted molar refractivity (Wildman–Crippen MR) is 66.9 cm³/mol. The van der Waals surface area contributed by atoms with Gasteiger partial charge in [-0.25, -0.2) is 4.39 Å². The van der Waals surface area contributed by atoms with Gasteiger partial charge in [-0.05, 0) is 44.9 Å². The van der Waals surface area contributed by atoms with Crippen LogP contribution >= 0.6 is 0 Å². The molecule has 0 heterocycles. The van der Waals surface area contributed by atoms with E-state index in [1.165, 1.54) is 6.07 Å². The molecule has 0 aliphatic rings. The first-order valence-electron chi connectivity index (χ1n) is 5.78. The number of rotatable bonds is 5. The molecule has 0 saturated carbocycles. The molecule has 0 aliphatic carbocycles. The molecule has 0 aliphatic heterocycles. The number of hydrazine groups is 1. The fourth-order valence-electron chi connectivity index (χ4n) is 1.94. The van der Waals surface area contributed by atoms with Gasteiger partial charge in [0.25, 0.3) is 0 Å². The summed E-state index contributed by atoms with van der Waals surface area (Å²) in [5.74, 6) is 5.33. The Bertz CT molecular complexity index is 380. The van der Waals surface area contributed by atoms with E-state index in [1.807, 2.05) is 26.8 Å². The molecule has 1 rings (SSSR count). The molecule has 1 atom stereocenters. The molecule has 96 valence electrons. The van der Waals surface area contributed by atoms with E-state index in [0.29, 0.717) is 12.2 Å². The third-order valence-electron chi connectivity index (χ3n) is 2.91. The van der Waals surface area contributed by atoms with Gasteiger partial charge in [0.05, 0.1) is 11.6 Å². The summed E-state index contributed by atoms with van der Waals surface area (Å²) in [6.07, 6.45) is 0. The van der Waals surface area contributed by atoms with Crippen LogP contribution in [-0.2, 0) is 4.74 Å². The average Bonchev–Trinajstić information content (AvgIpc) is 2.23. The maximum Gasteiger partial charge on any atom is 0.126 e. The van der Waals surface area contributed by atoms with Crippen molar-refractivity contribution in [1.82, 2.24) is 5.43 Å². The van der Waals surface area contributed by atoms with Crippen molar-refractivity contribution < 1.29 is 9.13 Å². The van der Waals surface area contributed by atoms with Gasteiger partial charge in [-0.1, -0.05) is 12.1 Å². The minimum absolute atomic E-state index is 0.227. The molecule has 0 saturated heterocycles. The molecule has 17 heavy (non-hydrogen) atoms. The fourth-order valence-corrected chi connectivity index (χ4v) is 1.94. The zero-order valence-corrected chi connectivity index (χ0v) is 10.9. The maximum atomic E-state index is 13.5. The summed E-state index contributed by atoms with van der Waals surface area (Å²) in [7, 11) is 0. The lowest BCUT2D eigenvalue weighted by molar-refractivity contribution is -0.0393. The molecule has 4 heteroatoms. The number of aryl methyl sites for hydroxylation is 1. The van der Waals surface area contributed by atoms with Crippen LogP contribution < -0.4 is 11.3 Å². The number of nitrogens with two attached hydrogens (primary N) is 1. The Labute approximate surface area is 102 Å². The zero-order valence-electron chi connectivity index (χ0n) is 10.9. The molecular formula is C13H21FN2O. The second kappa shape index (κ2) is 5.58. The maximum absolute atomic E-state index is 13.5. The van der Waals surface area contributed by atoms with Crippen LogP contribution in [0.1, 0.15) is 37.9 Å². The van der Waals surface area contributed by atoms with E-state index < -0.39 is 5.60 Å². The van der Waals surface area contributed by atoms with E-state index in [-0.39, 0.29) is 11.9 Å². The molecule has 1 aromatic carbocycles. The van der Waals surface area contributed by atoms with Crippen molar-refractivity contribution in [1.29, 1.82) is 0 Å². The van der Waals surface area contributed by atoms with Gasteiger partial charge in [0, 0.05) is 6.61 Å². The van der Waals surface area contributed by atoms with Crippen molar-refractivity contribution in [2.75, 3.05) is 6.61 Å². The Morgan fingerprint density at radius 2 is 2.12 bits per heavy atom. The molecule has 0 spiro atoms. The van der Waals surface area contributed by atoms with E-state index >= 15 is 0 Å². The number of ether oxygens (including phenoxy) is 1. The molecule has 3 nitrogen and oxygen atoms in total. The lowest BCUT2D eigenvalue weighted by Gasteiger charge is -2.34. The standard InChI is InChI=1S/C13H21FN2O/c1-5-17-13(3,4)12(16-15)10-7-6-9(2)11(14)8-10/h6-8,12,16H,5,15H2,1-4H3. The summed E-state index contributed by atoms with van der Waals surface area (Å²) >= 11 is 0. The summed E-state index contributed by atoms with van der Waals surface area (Å²) in [5.41, 5.74) is 3.61. The van der Waals surface area contributed by atoms with E-state index in [4.69, 9.17) is 10.6 Å². The molecule has 0 radical (unpaired) electrons. The smallest absolute Gasteiger partial charge is 0.126 e. The third-order valence-corrected chi connectivity index (χ3v) is 2.91. The molecule has 0 aromatic heterocycles. The number of benzene rings is 1. The quantitative estimate of drug-likeness (QED) is 0.614. The minimum atomic E-state index is -0.495. The van der Waals surface area contributed by atoms with Gasteiger partial charge in [-0.15, -0.1) is 0 Å². The van der Waals surface area contributed by atoms with Gasteiger partial charge in [-0.2, -0.15) is 0 Å². The van der Waals surface area contributed by atoms with Crippen LogP contribution in [0, 0.1) is 12.7 Å². The fraction of sp³-hybridized carbons (Fsp3) is 0.538. The summed E-state index contributed by atoms with van der Waals surface area (Å²) in [6.45, 7) is 8.10. The molecule has 1 aromatic rings. The van der Waals surface area contributed by atoms with Gasteiger partial charge >= 0.3 is 0 Å². The first kappa shape index (κ1) is 14.1. The Hall–Kier alpha value is -0.970. The van der Waals surface area contributed by atoms with Gasteiger partial charge in [0.15, 0.2) is 0 Å². The average molecular weight is 240 g/mol. The highest BCUT2D eigenvalue weighted by Crippen LogP contribution is 2.29. The van der Waals surface area contributed by atoms with Crippen LogP contribution in [0.3, 0.4) is 0 Å². The third kappa shape index (κ3) is 3.25. The molecule has 0 fully saturated rings. The number of hydrogen-bond donors (Lipinski definition) is 2. The Kier molecular flexibility index (Phi) is 4.62. The minimum Gasteiger partial charge on any atom is -0.374 e. The van der Waals surface area contributed by atoms with Gasteiger partial charge in [0.2, 0.25) is 0 Å². The van der Waals surface area contributed by atoms with Crippen molar-refractivity contribution in [2.24, 2.45) is 5.84 Å². The Balaban J connectivity index is 3.05. The molecule has 0 bridgehead atoms. The van der Waals surface area contributed by atoms with E-state index in [0.717, 1.165) is 5.56 Å². The Morgan fingerprint density at radius 1 is 1.47 bits per heavy atom. The zero-order chi connectivity index (χ0) is 13.1. The lowest BCUT2D eigenvalue weighted by atomic mass is 9.91. The van der Waals surface area contributed by atoms with E-state index in [9.17, 15) is 4.39 Å². The number of hydrogen-bond acceptors (Lipinski definition) is 3. The van der Waals surface area contributed by atoms with Crippen LogP contribution in [-0.4, -0.2) is 12.2 Å². The van der Waals surface area contributed by atoms with Crippen molar-refractivity contribution in [3.8, 4) is 0 Å². The monoisotopic (exact) mass is 240 g/mol. The highest BCUT2D eigenvalue weighted by atomic mass is 19.1. The SMILES string of the molecule is CCOC(C)(C)C(NN)c1ccc(C)c(F)c1. The first-order valence-corrected chi connectivity index (χ1v) is 5.78. The highest BCUT2D eigenvalue weighted by molar-refractivity contribution is 5.27. The summed E-state index contributed by atoms with van der Waals surface area (Å²) in [5, 5.41) is 0. The topological polar surface area (TPSA) is 47.3 Å². The molecular weight excluding hydrogens is 219 g/mol. The van der Waals surface area contributed by atoms with Crippen molar-refractivity contribution >= 4 is 0 Å². The van der Waals surface area contributed by atoms with Gasteiger partial charge in [0.1, 0.15) is 5.82 Å². The van der Waals surface area contributed by atoms with Crippen LogP contribution in [0.4, 0.5) is 4.39 Å². The summed E-state index contributed by atoms with van der Waals surface area (Å²) < 4.78 is 19.2. The van der Waals surface area contributed by atoms with Crippen molar-refractivity contribution in [3.05, 3.63) is 35.1 Å². The second-order valence-electron chi connectivity index (χ2n) is 4.64. The highest BCUT2D eigenvalue weighted by Gasteiger charge is 2.30. The van der Waals surface area contributed by atoms with Crippen LogP contribution in [0.5, 0.6) is 0 Å². The van der Waals surface area contributed by atoms with Gasteiger partial charge < -0.3 is 4.74 Å². The number of halogens is 1. The Morgan fingerprint density at radius 3 is 2.59 bits per heavy atom. The number of nitrogens with one attached hydrogen (secondary N) is 1. The van der Waals surface area contributed by atoms with Gasteiger partial charge in [-0.3, -0.25) is 11.3 Å². The van der Waals surface area contributed by atoms with Crippen molar-refractivity contribution in [3.63, 3.8) is 0 Å². The summed E-state index contributed by atoms with van der Waals surface area (Å²) in [6, 6.07) is 4.86. The van der Waals surface area contributed by atoms with E-state index in [2.05, 4.69) is 5.43 Å². The summed E-state index contributed by atoms with van der Waals surface area (Å²) in [4.78, 5) is 0. The molecule has 1 unspecified atom stereocenters. The molecule has 3 N–H and O–H groups in total. The largest absolute Gasteiger partial charge is 0.374 e. The van der Waals surface area contributed by atoms with Crippen LogP contribution in [0.15, 0.2) is 18.2 Å². The van der Waals surface area contributed by atoms with Crippen LogP contribution in [0.25, 0.3) is 0 Å². The molecule has 0 amide bonds. The second-order valence-corrected chi connectivity index (χ2v) is 4.64. The van der Waals surface area contributed by atoms with Crippen LogP contribution in [0.2, 0.25) is 0 Å². The van der Waals surface area contributed by atoms with E-state index in [1.54, 1.807) is 13.0 Å². The normalized spacial score (nSPS) is 13.8. The first-order chi connectivity index (χ1) is 7.92. The lowest BCUT2D eigenvalue weighted by Crippen LogP contribution is -2.44. The van der Waals surface area contributed by atoms with Crippen molar-refractivity contribution in [2.45, 2.75) is 39.3 Å².